The van der Waals surface area contributed by atoms with Gasteiger partial charge in [-0.15, -0.1) is 0 Å². The van der Waals surface area contributed by atoms with Gasteiger partial charge in [-0.2, -0.15) is 0 Å². The fraction of sp³-hybridized carbons (Fsp3) is 0.755. The summed E-state index contributed by atoms with van der Waals surface area (Å²) < 4.78 is 0. The summed E-state index contributed by atoms with van der Waals surface area (Å²) in [6, 6.07) is 20.0. The minimum absolute atomic E-state index is 0.850. The largest absolute Gasteiger partial charge is 0.0654 e. The second kappa shape index (κ2) is 53.6. The van der Waals surface area contributed by atoms with Crippen molar-refractivity contribution in [3.63, 3.8) is 0 Å². The highest BCUT2D eigenvalue weighted by Gasteiger charge is 2.20. The maximum atomic E-state index is 2.53. The quantitative estimate of drug-likeness (QED) is 0.0387. The molecule has 0 heteroatoms. The third kappa shape index (κ3) is 38.4. The van der Waals surface area contributed by atoms with Crippen LogP contribution in [-0.4, -0.2) is 0 Å². The van der Waals surface area contributed by atoms with Crippen molar-refractivity contribution in [3.05, 3.63) is 138 Å². The Labute approximate surface area is 615 Å². The normalized spacial score (nSPS) is 14.9. The van der Waals surface area contributed by atoms with Crippen molar-refractivity contribution in [2.24, 2.45) is 47.3 Å². The van der Waals surface area contributed by atoms with E-state index in [-0.39, 0.29) is 0 Å². The van der Waals surface area contributed by atoms with E-state index in [0.29, 0.717) is 0 Å². The highest BCUT2D eigenvalue weighted by atomic mass is 14.3. The van der Waals surface area contributed by atoms with E-state index in [2.05, 4.69) is 187 Å². The average molecular weight is 1350 g/mol. The number of hydrogen-bond donors (Lipinski definition) is 0. The molecule has 4 aromatic carbocycles. The molecule has 0 N–H and O–H groups in total. The van der Waals surface area contributed by atoms with Crippen LogP contribution in [0.5, 0.6) is 0 Å². The molecule has 560 valence electrons. The maximum Gasteiger partial charge on any atom is -0.0248 e. The van der Waals surface area contributed by atoms with Gasteiger partial charge in [-0.3, -0.25) is 0 Å². The predicted molar refractivity (Wildman–Crippen MR) is 445 cm³/mol. The smallest absolute Gasteiger partial charge is 0.0248 e. The molecule has 0 aromatic heterocycles. The van der Waals surface area contributed by atoms with E-state index in [1.807, 2.05) is 0 Å². The van der Waals surface area contributed by atoms with Gasteiger partial charge >= 0.3 is 0 Å². The van der Waals surface area contributed by atoms with Crippen LogP contribution in [0.2, 0.25) is 0 Å². The lowest BCUT2D eigenvalue weighted by Gasteiger charge is -2.25. The maximum absolute atomic E-state index is 2.53. The first-order valence-electron chi connectivity index (χ1n) is 43.5. The molecule has 0 spiro atoms. The Morgan fingerprint density at radius 3 is 0.857 bits per heavy atom. The first-order chi connectivity index (χ1) is 47.1. The zero-order valence-corrected chi connectivity index (χ0v) is 69.8. The van der Waals surface area contributed by atoms with Crippen molar-refractivity contribution in [2.45, 2.75) is 434 Å². The summed E-state index contributed by atoms with van der Waals surface area (Å²) in [5.41, 5.74) is 25.1. The van der Waals surface area contributed by atoms with Gasteiger partial charge in [0, 0.05) is 0 Å². The highest BCUT2D eigenvalue weighted by molar-refractivity contribution is 5.41. The van der Waals surface area contributed by atoms with E-state index in [4.69, 9.17) is 0 Å². The van der Waals surface area contributed by atoms with Crippen molar-refractivity contribution in [2.75, 3.05) is 0 Å². The van der Waals surface area contributed by atoms with Crippen LogP contribution in [0, 0.1) is 103 Å². The molecule has 4 atom stereocenters. The van der Waals surface area contributed by atoms with Gasteiger partial charge in [0.2, 0.25) is 0 Å². The van der Waals surface area contributed by atoms with Crippen LogP contribution in [0.25, 0.3) is 0 Å². The molecular weight excluding hydrogens is 1180 g/mol. The Bertz CT molecular complexity index is 2440. The Morgan fingerprint density at radius 1 is 0.265 bits per heavy atom. The molecule has 0 amide bonds. The van der Waals surface area contributed by atoms with E-state index in [0.717, 1.165) is 47.3 Å². The molecule has 0 radical (unpaired) electrons. The molecule has 2 aliphatic carbocycles. The molecule has 2 fully saturated rings. The monoisotopic (exact) mass is 1350 g/mol. The van der Waals surface area contributed by atoms with E-state index in [9.17, 15) is 0 Å². The summed E-state index contributed by atoms with van der Waals surface area (Å²) >= 11 is 0. The average Bonchev–Trinajstić information content (AvgIpc) is 0.861. The van der Waals surface area contributed by atoms with Crippen LogP contribution >= 0.6 is 0 Å². The van der Waals surface area contributed by atoms with Crippen LogP contribution in [0.15, 0.2) is 48.5 Å². The summed E-state index contributed by atoms with van der Waals surface area (Å²) in [4.78, 5) is 0. The highest BCUT2D eigenvalue weighted by Crippen LogP contribution is 2.34. The molecule has 0 heterocycles. The lowest BCUT2D eigenvalue weighted by Crippen LogP contribution is -2.12. The molecule has 2 saturated carbocycles. The minimum atomic E-state index is 0.850. The number of aryl methyl sites for hydroxylation is 12. The van der Waals surface area contributed by atoms with E-state index < -0.39 is 0 Å². The first kappa shape index (κ1) is 89.1. The summed E-state index contributed by atoms with van der Waals surface area (Å²) in [6.45, 7) is 46.8. The number of rotatable bonds is 44. The van der Waals surface area contributed by atoms with Crippen LogP contribution < -0.4 is 0 Å². The molecule has 4 aromatic rings. The number of benzene rings is 4. The van der Waals surface area contributed by atoms with E-state index in [1.165, 1.54) is 329 Å². The van der Waals surface area contributed by atoms with Gasteiger partial charge in [0.1, 0.15) is 0 Å². The first-order valence-corrected chi connectivity index (χ1v) is 43.5. The van der Waals surface area contributed by atoms with Crippen LogP contribution in [-0.2, 0) is 51.4 Å². The minimum Gasteiger partial charge on any atom is -0.0654 e. The van der Waals surface area contributed by atoms with Crippen molar-refractivity contribution < 1.29 is 0 Å². The number of hydrogen-bond acceptors (Lipinski definition) is 0. The lowest BCUT2D eigenvalue weighted by atomic mass is 9.81. The SMILES string of the molecule is CCCCC(CC)Cc1cc(C)c(CC(CC)CCCC)cc1C.CCCCCCCCc1cc(C)c(CCCCCCCC)cc1C.Cc1cc(CC2CCCCC2)c(C)cc1CC1CCCCC1.Cc1cc(CCC(C)CCCC(C)C)c(C)cc1CCC(C)CCCC(C)C. The molecule has 6 rings (SSSR count). The Balaban J connectivity index is 0.000000341. The van der Waals surface area contributed by atoms with E-state index in [1.54, 1.807) is 55.6 Å². The van der Waals surface area contributed by atoms with Crippen molar-refractivity contribution >= 4 is 0 Å². The fourth-order valence-electron chi connectivity index (χ4n) is 16.6. The second-order valence-electron chi connectivity index (χ2n) is 34.5. The molecule has 0 bridgehead atoms. The van der Waals surface area contributed by atoms with Gasteiger partial charge in [-0.25, -0.2) is 0 Å². The Hall–Kier alpha value is -3.12. The van der Waals surface area contributed by atoms with Crippen LogP contribution in [0.1, 0.15) is 416 Å². The standard InChI is InChI=1S/C28H50.2C24H42.C22H34/c1-21(2)11-9-13-23(5)15-17-27-19-26(8)28(20-25(27)7)18-16-24(6)14-10-12-22(3)4;1-7-11-13-21(9-3)17-23-15-20(6)24(16-19(23)5)18-22(10-4)14-12-8-2;1-5-7-9-11-13-15-17-23-19-22(4)24(20-21(23)3)18-16-14-12-10-8-6-2;1-17-13-22(16-20-11-7-4-8-12-20)18(2)14-21(17)15-19-9-5-3-6-10-19/h19-24H,9-18H2,1-8H3;15-16,21-22H,7-14,17-18H2,1-6H3;19-20H,5-18H2,1-4H3;13-14,19-20H,3-12,15-16H2,1-2H3. The van der Waals surface area contributed by atoms with Gasteiger partial charge in [0.25, 0.3) is 0 Å². The Morgan fingerprint density at radius 2 is 0.541 bits per heavy atom. The molecule has 0 aliphatic heterocycles. The zero-order chi connectivity index (χ0) is 72.0. The third-order valence-electron chi connectivity index (χ3n) is 24.1. The topological polar surface area (TPSA) is 0 Å². The third-order valence-corrected chi connectivity index (χ3v) is 24.1. The lowest BCUT2D eigenvalue weighted by molar-refractivity contribution is 0.354. The molecule has 0 saturated heterocycles. The van der Waals surface area contributed by atoms with Crippen LogP contribution in [0.3, 0.4) is 0 Å². The van der Waals surface area contributed by atoms with Gasteiger partial charge < -0.3 is 0 Å². The summed E-state index contributed by atoms with van der Waals surface area (Å²) in [7, 11) is 0. The molecular formula is C98H168. The van der Waals surface area contributed by atoms with E-state index >= 15 is 0 Å². The Kier molecular flexibility index (Phi) is 48.8. The zero-order valence-electron chi connectivity index (χ0n) is 69.8. The predicted octanol–water partition coefficient (Wildman–Crippen LogP) is 31.6. The van der Waals surface area contributed by atoms with Gasteiger partial charge in [-0.1, -0.05) is 350 Å². The summed E-state index contributed by atoms with van der Waals surface area (Å²) in [6.07, 6.45) is 63.4. The fourth-order valence-corrected chi connectivity index (χ4v) is 16.6. The van der Waals surface area contributed by atoms with Gasteiger partial charge in [-0.05, 0) is 269 Å². The number of unbranched alkanes of at least 4 members (excludes halogenated alkanes) is 12. The molecule has 4 unspecified atom stereocenters. The molecule has 98 heavy (non-hydrogen) atoms. The summed E-state index contributed by atoms with van der Waals surface area (Å²) in [5, 5.41) is 0. The molecule has 2 aliphatic rings. The van der Waals surface area contributed by atoms with Gasteiger partial charge in [0.15, 0.2) is 0 Å². The van der Waals surface area contributed by atoms with Crippen LogP contribution in [0.4, 0.5) is 0 Å². The van der Waals surface area contributed by atoms with Crippen molar-refractivity contribution in [3.8, 4) is 0 Å². The van der Waals surface area contributed by atoms with Crippen molar-refractivity contribution in [1.82, 2.24) is 0 Å². The van der Waals surface area contributed by atoms with Crippen molar-refractivity contribution in [1.29, 1.82) is 0 Å². The second-order valence-corrected chi connectivity index (χ2v) is 34.5. The summed E-state index contributed by atoms with van der Waals surface area (Å²) in [5.74, 6) is 7.04. The van der Waals surface area contributed by atoms with Gasteiger partial charge in [0.05, 0.1) is 0 Å². The molecule has 0 nitrogen and oxygen atoms in total.